The van der Waals surface area contributed by atoms with Gasteiger partial charge >= 0.3 is 18.2 Å². The van der Waals surface area contributed by atoms with E-state index in [-0.39, 0.29) is 25.3 Å². The summed E-state index contributed by atoms with van der Waals surface area (Å²) < 4.78 is 15.4. The number of esters is 1. The van der Waals surface area contributed by atoms with E-state index in [1.165, 1.54) is 7.11 Å². The third kappa shape index (κ3) is 8.84. The zero-order valence-electron chi connectivity index (χ0n) is 18.7. The summed E-state index contributed by atoms with van der Waals surface area (Å²) in [4.78, 5) is 37.9. The number of benzene rings is 1. The van der Waals surface area contributed by atoms with Crippen molar-refractivity contribution in [3.8, 4) is 0 Å². The molecule has 2 rings (SSSR count). The number of nitrogens with zero attached hydrogens (tertiary/aromatic N) is 1. The molecular formula is C22H33N3O6. The van der Waals surface area contributed by atoms with Crippen LogP contribution in [0.15, 0.2) is 30.3 Å². The predicted octanol–water partition coefficient (Wildman–Crippen LogP) is 2.44. The minimum atomic E-state index is -0.709. The standard InChI is InChI=1S/C22H33N3O6/c1-22(2,3)31-20(27)23-14-18(19(26)29-4)24-17-10-12-25(13-11-17)21(28)30-15-16-8-6-5-7-9-16/h5-9,17-18,24H,10-15H2,1-4H3,(H,23,27). The molecule has 1 aromatic carbocycles. The van der Waals surface area contributed by atoms with Gasteiger partial charge in [-0.3, -0.25) is 10.1 Å². The normalized spacial score (nSPS) is 15.7. The van der Waals surface area contributed by atoms with E-state index in [9.17, 15) is 14.4 Å². The lowest BCUT2D eigenvalue weighted by molar-refractivity contribution is -0.143. The summed E-state index contributed by atoms with van der Waals surface area (Å²) in [5.41, 5.74) is 0.311. The molecule has 0 spiro atoms. The molecule has 1 aliphatic rings. The van der Waals surface area contributed by atoms with Crippen LogP contribution in [0.5, 0.6) is 0 Å². The highest BCUT2D eigenvalue weighted by Gasteiger charge is 2.29. The number of likely N-dealkylation sites (tertiary alicyclic amines) is 1. The molecule has 0 saturated carbocycles. The first-order valence-corrected chi connectivity index (χ1v) is 10.4. The molecule has 1 saturated heterocycles. The Labute approximate surface area is 183 Å². The number of amides is 2. The number of nitrogens with one attached hydrogen (secondary N) is 2. The second-order valence-corrected chi connectivity index (χ2v) is 8.43. The van der Waals surface area contributed by atoms with Crippen LogP contribution in [0.25, 0.3) is 0 Å². The smallest absolute Gasteiger partial charge is 0.410 e. The number of rotatable bonds is 7. The fourth-order valence-corrected chi connectivity index (χ4v) is 3.18. The van der Waals surface area contributed by atoms with Gasteiger partial charge in [0.2, 0.25) is 0 Å². The summed E-state index contributed by atoms with van der Waals surface area (Å²) >= 11 is 0. The Morgan fingerprint density at radius 3 is 2.35 bits per heavy atom. The molecule has 1 atom stereocenters. The van der Waals surface area contributed by atoms with E-state index in [4.69, 9.17) is 14.2 Å². The molecular weight excluding hydrogens is 402 g/mol. The van der Waals surface area contributed by atoms with Crippen LogP contribution < -0.4 is 10.6 Å². The second kappa shape index (κ2) is 11.5. The molecule has 0 radical (unpaired) electrons. The minimum Gasteiger partial charge on any atom is -0.468 e. The zero-order valence-corrected chi connectivity index (χ0v) is 18.7. The Balaban J connectivity index is 1.77. The second-order valence-electron chi connectivity index (χ2n) is 8.43. The summed E-state index contributed by atoms with van der Waals surface area (Å²) in [5.74, 6) is -0.472. The van der Waals surface area contributed by atoms with Crippen molar-refractivity contribution in [2.45, 2.75) is 57.9 Å². The first kappa shape index (κ1) is 24.5. The van der Waals surface area contributed by atoms with Gasteiger partial charge in [0.05, 0.1) is 7.11 Å². The predicted molar refractivity (Wildman–Crippen MR) is 114 cm³/mol. The van der Waals surface area contributed by atoms with Gasteiger partial charge in [-0.15, -0.1) is 0 Å². The number of carbonyl (C=O) groups is 3. The van der Waals surface area contributed by atoms with Crippen molar-refractivity contribution in [3.63, 3.8) is 0 Å². The monoisotopic (exact) mass is 435 g/mol. The van der Waals surface area contributed by atoms with E-state index in [0.717, 1.165) is 5.56 Å². The summed E-state index contributed by atoms with van der Waals surface area (Å²) in [5, 5.41) is 5.81. The zero-order chi connectivity index (χ0) is 22.9. The molecule has 0 bridgehead atoms. The topological polar surface area (TPSA) is 106 Å². The Morgan fingerprint density at radius 2 is 1.77 bits per heavy atom. The number of piperidine rings is 1. The molecule has 0 aliphatic carbocycles. The average Bonchev–Trinajstić information content (AvgIpc) is 2.74. The Morgan fingerprint density at radius 1 is 1.13 bits per heavy atom. The summed E-state index contributed by atoms with van der Waals surface area (Å²) in [6, 6.07) is 8.81. The molecule has 9 heteroatoms. The van der Waals surface area contributed by atoms with Crippen LogP contribution in [-0.2, 0) is 25.6 Å². The van der Waals surface area contributed by atoms with E-state index in [2.05, 4.69) is 10.6 Å². The van der Waals surface area contributed by atoms with Crippen molar-refractivity contribution < 1.29 is 28.6 Å². The van der Waals surface area contributed by atoms with Gasteiger partial charge in [0.25, 0.3) is 0 Å². The Kier molecular flexibility index (Phi) is 9.11. The van der Waals surface area contributed by atoms with Crippen LogP contribution in [0.4, 0.5) is 9.59 Å². The number of carbonyl (C=O) groups excluding carboxylic acids is 3. The lowest BCUT2D eigenvalue weighted by Crippen LogP contribution is -2.54. The summed E-state index contributed by atoms with van der Waals surface area (Å²) in [6.45, 7) is 6.60. The number of hydrogen-bond donors (Lipinski definition) is 2. The maximum Gasteiger partial charge on any atom is 0.410 e. The maximum absolute atomic E-state index is 12.3. The van der Waals surface area contributed by atoms with Gasteiger partial charge in [0.15, 0.2) is 0 Å². The minimum absolute atomic E-state index is 0.00251. The van der Waals surface area contributed by atoms with Crippen molar-refractivity contribution >= 4 is 18.2 Å². The van der Waals surface area contributed by atoms with Crippen LogP contribution in [0.3, 0.4) is 0 Å². The van der Waals surface area contributed by atoms with Crippen LogP contribution in [0, 0.1) is 0 Å². The van der Waals surface area contributed by atoms with E-state index in [0.29, 0.717) is 25.9 Å². The highest BCUT2D eigenvalue weighted by atomic mass is 16.6. The fourth-order valence-electron chi connectivity index (χ4n) is 3.18. The Bertz CT molecular complexity index is 727. The van der Waals surface area contributed by atoms with Gasteiger partial charge in [-0.2, -0.15) is 0 Å². The quantitative estimate of drug-likeness (QED) is 0.500. The summed E-state index contributed by atoms with van der Waals surface area (Å²) in [7, 11) is 1.30. The van der Waals surface area contributed by atoms with Gasteiger partial charge < -0.3 is 24.4 Å². The molecule has 0 aromatic heterocycles. The number of alkyl carbamates (subject to hydrolysis) is 1. The molecule has 1 unspecified atom stereocenters. The third-order valence-corrected chi connectivity index (χ3v) is 4.73. The molecule has 1 aliphatic heterocycles. The SMILES string of the molecule is COC(=O)C(CNC(=O)OC(C)(C)C)NC1CCN(C(=O)OCc2ccccc2)CC1. The third-order valence-electron chi connectivity index (χ3n) is 4.73. The van der Waals surface area contributed by atoms with Gasteiger partial charge in [0, 0.05) is 25.7 Å². The lowest BCUT2D eigenvalue weighted by Gasteiger charge is -2.33. The first-order valence-electron chi connectivity index (χ1n) is 10.4. The van der Waals surface area contributed by atoms with E-state index < -0.39 is 23.7 Å². The average molecular weight is 436 g/mol. The van der Waals surface area contributed by atoms with Crippen LogP contribution in [0.2, 0.25) is 0 Å². The van der Waals surface area contributed by atoms with Crippen molar-refractivity contribution in [2.24, 2.45) is 0 Å². The maximum atomic E-state index is 12.3. The molecule has 1 aromatic rings. The van der Waals surface area contributed by atoms with Gasteiger partial charge in [0.1, 0.15) is 18.2 Å². The van der Waals surface area contributed by atoms with E-state index in [1.54, 1.807) is 25.7 Å². The van der Waals surface area contributed by atoms with Crippen molar-refractivity contribution in [3.05, 3.63) is 35.9 Å². The molecule has 1 fully saturated rings. The Hall–Kier alpha value is -2.81. The summed E-state index contributed by atoms with van der Waals surface area (Å²) in [6.07, 6.45) is 0.360. The van der Waals surface area contributed by atoms with Gasteiger partial charge in [-0.25, -0.2) is 9.59 Å². The molecule has 2 amide bonds. The van der Waals surface area contributed by atoms with Gasteiger partial charge in [-0.05, 0) is 39.2 Å². The molecule has 1 heterocycles. The number of methoxy groups -OCH3 is 1. The number of ether oxygens (including phenoxy) is 3. The van der Waals surface area contributed by atoms with Crippen LogP contribution in [-0.4, -0.2) is 67.5 Å². The molecule has 2 N–H and O–H groups in total. The van der Waals surface area contributed by atoms with Crippen LogP contribution in [0.1, 0.15) is 39.2 Å². The molecule has 31 heavy (non-hydrogen) atoms. The molecule has 9 nitrogen and oxygen atoms in total. The highest BCUT2D eigenvalue weighted by molar-refractivity contribution is 5.77. The van der Waals surface area contributed by atoms with Crippen LogP contribution >= 0.6 is 0 Å². The highest BCUT2D eigenvalue weighted by Crippen LogP contribution is 2.14. The molecule has 172 valence electrons. The van der Waals surface area contributed by atoms with Crippen molar-refractivity contribution in [2.75, 3.05) is 26.7 Å². The van der Waals surface area contributed by atoms with E-state index >= 15 is 0 Å². The van der Waals surface area contributed by atoms with E-state index in [1.807, 2.05) is 30.3 Å². The largest absolute Gasteiger partial charge is 0.468 e. The first-order chi connectivity index (χ1) is 14.7. The van der Waals surface area contributed by atoms with Gasteiger partial charge in [-0.1, -0.05) is 30.3 Å². The van der Waals surface area contributed by atoms with Crippen molar-refractivity contribution in [1.29, 1.82) is 0 Å². The lowest BCUT2D eigenvalue weighted by atomic mass is 10.0. The van der Waals surface area contributed by atoms with Crippen molar-refractivity contribution in [1.82, 2.24) is 15.5 Å². The fraction of sp³-hybridized carbons (Fsp3) is 0.591. The number of hydrogen-bond acceptors (Lipinski definition) is 7.